The third-order valence-electron chi connectivity index (χ3n) is 3.30. The van der Waals surface area contributed by atoms with E-state index in [1.54, 1.807) is 13.2 Å². The van der Waals surface area contributed by atoms with Crippen LogP contribution in [0.15, 0.2) is 18.2 Å². The fourth-order valence-corrected chi connectivity index (χ4v) is 2.12. The van der Waals surface area contributed by atoms with Gasteiger partial charge >= 0.3 is 0 Å². The van der Waals surface area contributed by atoms with Crippen LogP contribution in [-0.2, 0) is 0 Å². The molecule has 2 atom stereocenters. The van der Waals surface area contributed by atoms with Crippen LogP contribution in [0.5, 0.6) is 5.75 Å². The van der Waals surface area contributed by atoms with E-state index in [0.717, 1.165) is 17.8 Å². The number of benzene rings is 1. The number of anilines is 1. The molecule has 1 heterocycles. The number of nitrogens with two attached hydrogens (primary N) is 1. The monoisotopic (exact) mass is 245 g/mol. The minimum atomic E-state index is 0.405. The van der Waals surface area contributed by atoms with Crippen molar-refractivity contribution in [3.05, 3.63) is 18.2 Å². The summed E-state index contributed by atoms with van der Waals surface area (Å²) in [5.41, 5.74) is 7.38. The number of methoxy groups -OCH3 is 1. The van der Waals surface area contributed by atoms with Gasteiger partial charge in [0.25, 0.3) is 0 Å². The van der Waals surface area contributed by atoms with Crippen LogP contribution in [0.2, 0.25) is 0 Å². The van der Waals surface area contributed by atoms with E-state index in [4.69, 9.17) is 10.5 Å². The second kappa shape index (κ2) is 3.97. The maximum atomic E-state index is 5.85. The molecule has 6 heteroatoms. The Kier molecular flexibility index (Phi) is 2.43. The first-order valence-corrected chi connectivity index (χ1v) is 5.92. The Morgan fingerprint density at radius 1 is 1.39 bits per heavy atom. The molecule has 0 aliphatic heterocycles. The first-order valence-electron chi connectivity index (χ1n) is 5.92. The van der Waals surface area contributed by atoms with Gasteiger partial charge < -0.3 is 10.5 Å². The lowest BCUT2D eigenvalue weighted by Crippen LogP contribution is -2.02. The third kappa shape index (κ3) is 1.79. The minimum Gasteiger partial charge on any atom is -0.497 e. The third-order valence-corrected chi connectivity index (χ3v) is 3.30. The van der Waals surface area contributed by atoms with Gasteiger partial charge in [-0.05, 0) is 34.9 Å². The Morgan fingerprint density at radius 2 is 2.17 bits per heavy atom. The van der Waals surface area contributed by atoms with Crippen LogP contribution in [0, 0.1) is 5.92 Å². The summed E-state index contributed by atoms with van der Waals surface area (Å²) < 4.78 is 7.09. The smallest absolute Gasteiger partial charge is 0.182 e. The average molecular weight is 245 g/mol. The maximum absolute atomic E-state index is 5.85. The molecule has 0 amide bonds. The molecule has 0 spiro atoms. The number of nitrogens with zero attached hydrogens (tertiary/aromatic N) is 4. The molecule has 0 radical (unpaired) electrons. The van der Waals surface area contributed by atoms with Crippen LogP contribution in [0.25, 0.3) is 11.4 Å². The lowest BCUT2D eigenvalue weighted by Gasteiger charge is -2.07. The van der Waals surface area contributed by atoms with Gasteiger partial charge in [0.05, 0.1) is 13.2 Å². The van der Waals surface area contributed by atoms with Crippen LogP contribution in [0.4, 0.5) is 5.69 Å². The van der Waals surface area contributed by atoms with Crippen molar-refractivity contribution in [2.45, 2.75) is 19.4 Å². The van der Waals surface area contributed by atoms with E-state index in [-0.39, 0.29) is 0 Å². The van der Waals surface area contributed by atoms with E-state index in [9.17, 15) is 0 Å². The standard InChI is InChI=1S/C12H15N5O/c1-7-3-11(7)17-12(14-15-16-17)8-4-9(13)6-10(5-8)18-2/h4-7,11H,3,13H2,1-2H3. The molecule has 1 aliphatic carbocycles. The normalized spacial score (nSPS) is 21.9. The van der Waals surface area contributed by atoms with Crippen LogP contribution in [0.3, 0.4) is 0 Å². The Hall–Kier alpha value is -2.11. The number of tetrazole rings is 1. The number of aromatic nitrogens is 4. The van der Waals surface area contributed by atoms with E-state index >= 15 is 0 Å². The van der Waals surface area contributed by atoms with Crippen LogP contribution in [-0.4, -0.2) is 27.3 Å². The highest BCUT2D eigenvalue weighted by atomic mass is 16.5. The Bertz CT molecular complexity index is 580. The first kappa shape index (κ1) is 11.0. The van der Waals surface area contributed by atoms with Gasteiger partial charge in [0, 0.05) is 17.3 Å². The lowest BCUT2D eigenvalue weighted by atomic mass is 10.1. The molecule has 2 unspecified atom stereocenters. The topological polar surface area (TPSA) is 78.8 Å². The zero-order valence-corrected chi connectivity index (χ0v) is 10.4. The minimum absolute atomic E-state index is 0.405. The average Bonchev–Trinajstić information content (AvgIpc) is 2.91. The fourth-order valence-electron chi connectivity index (χ4n) is 2.12. The summed E-state index contributed by atoms with van der Waals surface area (Å²) in [6.07, 6.45) is 1.12. The van der Waals surface area contributed by atoms with Gasteiger partial charge in [0.1, 0.15) is 5.75 Å². The molecule has 3 rings (SSSR count). The summed E-state index contributed by atoms with van der Waals surface area (Å²) in [6, 6.07) is 5.93. The number of hydrogen-bond acceptors (Lipinski definition) is 5. The van der Waals surface area contributed by atoms with Crippen molar-refractivity contribution in [3.63, 3.8) is 0 Å². The van der Waals surface area contributed by atoms with E-state index in [2.05, 4.69) is 22.4 Å². The molecular weight excluding hydrogens is 230 g/mol. The van der Waals surface area contributed by atoms with E-state index in [1.807, 2.05) is 16.8 Å². The number of nitrogen functional groups attached to an aromatic ring is 1. The quantitative estimate of drug-likeness (QED) is 0.829. The number of hydrogen-bond donors (Lipinski definition) is 1. The molecular formula is C12H15N5O. The molecule has 18 heavy (non-hydrogen) atoms. The van der Waals surface area contributed by atoms with Gasteiger partial charge in [-0.1, -0.05) is 6.92 Å². The van der Waals surface area contributed by atoms with Crippen molar-refractivity contribution < 1.29 is 4.74 Å². The van der Waals surface area contributed by atoms with Crippen molar-refractivity contribution in [3.8, 4) is 17.1 Å². The molecule has 2 N–H and O–H groups in total. The Labute approximate surface area is 105 Å². The second-order valence-electron chi connectivity index (χ2n) is 4.72. The van der Waals surface area contributed by atoms with Crippen molar-refractivity contribution in [1.82, 2.24) is 20.2 Å². The Balaban J connectivity index is 2.04. The summed E-state index contributed by atoms with van der Waals surface area (Å²) in [7, 11) is 1.62. The highest BCUT2D eigenvalue weighted by Gasteiger charge is 2.37. The van der Waals surface area contributed by atoms with E-state index in [0.29, 0.717) is 23.4 Å². The van der Waals surface area contributed by atoms with Crippen molar-refractivity contribution in [2.75, 3.05) is 12.8 Å². The molecule has 1 aliphatic rings. The lowest BCUT2D eigenvalue weighted by molar-refractivity contribution is 0.415. The van der Waals surface area contributed by atoms with Gasteiger partial charge in [0.15, 0.2) is 5.82 Å². The van der Waals surface area contributed by atoms with Gasteiger partial charge in [-0.2, -0.15) is 0 Å². The predicted octanol–water partition coefficient (Wildman–Crippen LogP) is 1.51. The summed E-state index contributed by atoms with van der Waals surface area (Å²) in [6.45, 7) is 2.19. The van der Waals surface area contributed by atoms with Crippen LogP contribution in [0.1, 0.15) is 19.4 Å². The predicted molar refractivity (Wildman–Crippen MR) is 67.0 cm³/mol. The van der Waals surface area contributed by atoms with E-state index in [1.165, 1.54) is 0 Å². The zero-order valence-electron chi connectivity index (χ0n) is 10.4. The van der Waals surface area contributed by atoms with Gasteiger partial charge in [0.2, 0.25) is 0 Å². The number of ether oxygens (including phenoxy) is 1. The molecule has 1 aromatic carbocycles. The zero-order chi connectivity index (χ0) is 12.7. The molecule has 94 valence electrons. The Morgan fingerprint density at radius 3 is 2.83 bits per heavy atom. The number of rotatable bonds is 3. The summed E-state index contributed by atoms with van der Waals surface area (Å²) >= 11 is 0. The van der Waals surface area contributed by atoms with Crippen LogP contribution < -0.4 is 10.5 Å². The van der Waals surface area contributed by atoms with Gasteiger partial charge in [-0.15, -0.1) is 5.10 Å². The van der Waals surface area contributed by atoms with E-state index < -0.39 is 0 Å². The summed E-state index contributed by atoms with van der Waals surface area (Å²) in [5.74, 6) is 2.09. The summed E-state index contributed by atoms with van der Waals surface area (Å²) in [5, 5.41) is 11.9. The highest BCUT2D eigenvalue weighted by Crippen LogP contribution is 2.43. The second-order valence-corrected chi connectivity index (χ2v) is 4.72. The van der Waals surface area contributed by atoms with Crippen molar-refractivity contribution in [2.24, 2.45) is 5.92 Å². The van der Waals surface area contributed by atoms with Crippen LogP contribution >= 0.6 is 0 Å². The molecule has 1 fully saturated rings. The first-order chi connectivity index (χ1) is 8.69. The molecule has 1 saturated carbocycles. The van der Waals surface area contributed by atoms with Gasteiger partial charge in [-0.25, -0.2) is 4.68 Å². The van der Waals surface area contributed by atoms with Gasteiger partial charge in [-0.3, -0.25) is 0 Å². The van der Waals surface area contributed by atoms with Crippen molar-refractivity contribution >= 4 is 5.69 Å². The summed E-state index contributed by atoms with van der Waals surface area (Å²) in [4.78, 5) is 0. The fraction of sp³-hybridized carbons (Fsp3) is 0.417. The molecule has 1 aromatic heterocycles. The molecule has 0 saturated heterocycles. The van der Waals surface area contributed by atoms with Crippen molar-refractivity contribution in [1.29, 1.82) is 0 Å². The molecule has 2 aromatic rings. The highest BCUT2D eigenvalue weighted by molar-refractivity contribution is 5.64. The largest absolute Gasteiger partial charge is 0.497 e. The maximum Gasteiger partial charge on any atom is 0.182 e. The SMILES string of the molecule is COc1cc(N)cc(-c2nnnn2C2CC2C)c1. The molecule has 6 nitrogen and oxygen atoms in total. The molecule has 0 bridgehead atoms.